The van der Waals surface area contributed by atoms with E-state index >= 15 is 0 Å². The number of nitrogens with zero attached hydrogens (tertiary/aromatic N) is 2. The summed E-state index contributed by atoms with van der Waals surface area (Å²) in [6, 6.07) is 12.0. The number of benzene rings is 2. The van der Waals surface area contributed by atoms with Crippen molar-refractivity contribution in [3.8, 4) is 0 Å². The highest BCUT2D eigenvalue weighted by molar-refractivity contribution is 7.89. The maximum Gasteiger partial charge on any atom is 0.337 e. The van der Waals surface area contributed by atoms with Gasteiger partial charge in [-0.1, -0.05) is 25.1 Å². The second-order valence-corrected chi connectivity index (χ2v) is 9.07. The Bertz CT molecular complexity index is 1080. The molecule has 31 heavy (non-hydrogen) atoms. The third-order valence-corrected chi connectivity index (χ3v) is 7.36. The summed E-state index contributed by atoms with van der Waals surface area (Å²) in [4.78, 5) is 38.6. The lowest BCUT2D eigenvalue weighted by Crippen LogP contribution is -2.49. The lowest BCUT2D eigenvalue weighted by atomic mass is 10.2. The van der Waals surface area contributed by atoms with Crippen molar-refractivity contribution in [2.75, 3.05) is 12.0 Å². The molecular formula is C22H24N2O6S. The molecule has 2 unspecified atom stereocenters. The van der Waals surface area contributed by atoms with Crippen molar-refractivity contribution < 1.29 is 27.5 Å². The van der Waals surface area contributed by atoms with E-state index in [-0.39, 0.29) is 22.6 Å². The van der Waals surface area contributed by atoms with Gasteiger partial charge in [-0.15, -0.1) is 0 Å². The minimum Gasteiger partial charge on any atom is -0.465 e. The molecule has 2 aromatic carbocycles. The number of sulfonamides is 1. The van der Waals surface area contributed by atoms with Crippen LogP contribution in [0.5, 0.6) is 0 Å². The number of methoxy groups -OCH3 is 1. The van der Waals surface area contributed by atoms with Crippen molar-refractivity contribution in [3.05, 3.63) is 60.2 Å². The molecule has 2 amide bonds. The van der Waals surface area contributed by atoms with Gasteiger partial charge in [-0.05, 0) is 49.7 Å². The highest BCUT2D eigenvalue weighted by Gasteiger charge is 2.48. The number of amides is 2. The van der Waals surface area contributed by atoms with E-state index in [1.54, 1.807) is 25.1 Å². The zero-order chi connectivity index (χ0) is 22.8. The van der Waals surface area contributed by atoms with Crippen LogP contribution in [0.3, 0.4) is 0 Å². The normalized spacial score (nSPS) is 17.8. The zero-order valence-electron chi connectivity index (χ0n) is 17.5. The number of hydrogen-bond donors (Lipinski definition) is 0. The zero-order valence-corrected chi connectivity index (χ0v) is 18.3. The molecule has 2 atom stereocenters. The van der Waals surface area contributed by atoms with Crippen LogP contribution in [-0.4, -0.2) is 49.7 Å². The fourth-order valence-corrected chi connectivity index (χ4v) is 5.42. The van der Waals surface area contributed by atoms with Crippen molar-refractivity contribution in [2.45, 2.75) is 43.7 Å². The minimum atomic E-state index is -4.01. The third-order valence-electron chi connectivity index (χ3n) is 5.32. The highest BCUT2D eigenvalue weighted by atomic mass is 32.2. The van der Waals surface area contributed by atoms with E-state index in [2.05, 4.69) is 4.74 Å². The Hall–Kier alpha value is -3.04. The summed E-state index contributed by atoms with van der Waals surface area (Å²) in [6.07, 6.45) is 0.214. The van der Waals surface area contributed by atoms with Crippen LogP contribution in [-0.2, 0) is 24.3 Å². The first kappa shape index (κ1) is 22.6. The molecule has 0 aliphatic carbocycles. The number of carbonyl (C=O) groups excluding carboxylic acids is 3. The van der Waals surface area contributed by atoms with Gasteiger partial charge in [0.2, 0.25) is 15.9 Å². The van der Waals surface area contributed by atoms with Gasteiger partial charge in [0.05, 0.1) is 29.7 Å². The van der Waals surface area contributed by atoms with E-state index in [1.807, 2.05) is 6.92 Å². The molecule has 1 heterocycles. The van der Waals surface area contributed by atoms with Gasteiger partial charge >= 0.3 is 5.97 Å². The van der Waals surface area contributed by atoms with Gasteiger partial charge in [0, 0.05) is 6.04 Å². The smallest absolute Gasteiger partial charge is 0.337 e. The van der Waals surface area contributed by atoms with Crippen LogP contribution >= 0.6 is 0 Å². The fourth-order valence-electron chi connectivity index (χ4n) is 3.56. The molecule has 1 aliphatic rings. The molecule has 1 aliphatic heterocycles. The Balaban J connectivity index is 1.97. The van der Waals surface area contributed by atoms with Gasteiger partial charge in [-0.2, -0.15) is 4.31 Å². The molecule has 0 spiro atoms. The summed E-state index contributed by atoms with van der Waals surface area (Å²) < 4.78 is 32.5. The molecule has 9 heteroatoms. The average Bonchev–Trinajstić information content (AvgIpc) is 3.07. The van der Waals surface area contributed by atoms with Crippen molar-refractivity contribution >= 4 is 33.5 Å². The van der Waals surface area contributed by atoms with Gasteiger partial charge in [0.15, 0.2) is 0 Å². The summed E-state index contributed by atoms with van der Waals surface area (Å²) in [5.41, 5.74) is 0.543. The molecule has 0 radical (unpaired) electrons. The van der Waals surface area contributed by atoms with Crippen molar-refractivity contribution in [3.63, 3.8) is 0 Å². The quantitative estimate of drug-likeness (QED) is 0.481. The van der Waals surface area contributed by atoms with E-state index < -0.39 is 39.9 Å². The number of anilines is 1. The minimum absolute atomic E-state index is 0.0661. The van der Waals surface area contributed by atoms with E-state index in [1.165, 1.54) is 43.5 Å². The lowest BCUT2D eigenvalue weighted by Gasteiger charge is -2.31. The van der Waals surface area contributed by atoms with E-state index in [4.69, 9.17) is 0 Å². The number of esters is 1. The topological polar surface area (TPSA) is 101 Å². The molecule has 164 valence electrons. The van der Waals surface area contributed by atoms with Gasteiger partial charge in [-0.25, -0.2) is 18.1 Å². The lowest BCUT2D eigenvalue weighted by molar-refractivity contribution is -0.122. The number of carbonyl (C=O) groups is 3. The van der Waals surface area contributed by atoms with E-state index in [9.17, 15) is 22.8 Å². The maximum absolute atomic E-state index is 13.4. The Morgan fingerprint density at radius 3 is 2.29 bits per heavy atom. The molecule has 0 N–H and O–H groups in total. The van der Waals surface area contributed by atoms with E-state index in [0.717, 1.165) is 9.21 Å². The first-order valence-electron chi connectivity index (χ1n) is 9.86. The van der Waals surface area contributed by atoms with Crippen LogP contribution < -0.4 is 4.90 Å². The third kappa shape index (κ3) is 4.24. The summed E-state index contributed by atoms with van der Waals surface area (Å²) >= 11 is 0. The first-order valence-corrected chi connectivity index (χ1v) is 11.3. The molecule has 8 nitrogen and oxygen atoms in total. The van der Waals surface area contributed by atoms with Crippen LogP contribution in [0.1, 0.15) is 37.0 Å². The molecule has 3 rings (SSSR count). The Kier molecular flexibility index (Phi) is 6.56. The predicted octanol–water partition coefficient (Wildman–Crippen LogP) is 2.59. The number of hydrogen-bond acceptors (Lipinski definition) is 6. The summed E-state index contributed by atoms with van der Waals surface area (Å²) in [7, 11) is -2.75. The summed E-state index contributed by atoms with van der Waals surface area (Å²) in [5, 5.41) is 0. The van der Waals surface area contributed by atoms with Gasteiger partial charge in [0.25, 0.3) is 5.91 Å². The van der Waals surface area contributed by atoms with Crippen LogP contribution in [0.25, 0.3) is 0 Å². The van der Waals surface area contributed by atoms with Gasteiger partial charge < -0.3 is 4.74 Å². The molecule has 1 fully saturated rings. The number of ether oxygens (including phenoxy) is 1. The molecular weight excluding hydrogens is 420 g/mol. The van der Waals surface area contributed by atoms with Gasteiger partial charge in [0.1, 0.15) is 6.04 Å². The van der Waals surface area contributed by atoms with Crippen LogP contribution in [0.4, 0.5) is 5.69 Å². The van der Waals surface area contributed by atoms with Crippen LogP contribution in [0.2, 0.25) is 0 Å². The molecule has 0 bridgehead atoms. The first-order chi connectivity index (χ1) is 14.7. The monoisotopic (exact) mass is 444 g/mol. The summed E-state index contributed by atoms with van der Waals surface area (Å²) in [5.74, 6) is -1.66. The average molecular weight is 445 g/mol. The van der Waals surface area contributed by atoms with Crippen molar-refractivity contribution in [2.24, 2.45) is 0 Å². The Morgan fingerprint density at radius 2 is 1.74 bits per heavy atom. The molecule has 0 aromatic heterocycles. The van der Waals surface area contributed by atoms with Crippen LogP contribution in [0, 0.1) is 0 Å². The second-order valence-electron chi connectivity index (χ2n) is 7.23. The molecule has 2 aromatic rings. The van der Waals surface area contributed by atoms with Crippen molar-refractivity contribution in [1.82, 2.24) is 4.31 Å². The number of rotatable bonds is 7. The van der Waals surface area contributed by atoms with E-state index in [0.29, 0.717) is 6.42 Å². The SMILES string of the molecule is CCC(C)N(C1CC(=O)N(c2ccc(C(=O)OC)cc2)C1=O)S(=O)(=O)c1ccccc1. The summed E-state index contributed by atoms with van der Waals surface area (Å²) in [6.45, 7) is 3.54. The fraction of sp³-hybridized carbons (Fsp3) is 0.318. The standard InChI is InChI=1S/C22H24N2O6S/c1-4-15(2)24(31(28,29)18-8-6-5-7-9-18)19-14-20(25)23(21(19)26)17-12-10-16(11-13-17)22(27)30-3/h5-13,15,19H,4,14H2,1-3H3. The second kappa shape index (κ2) is 8.99. The Morgan fingerprint density at radius 1 is 1.13 bits per heavy atom. The Labute approximate surface area is 181 Å². The molecule has 0 saturated carbocycles. The highest BCUT2D eigenvalue weighted by Crippen LogP contribution is 2.31. The maximum atomic E-state index is 13.4. The van der Waals surface area contributed by atoms with Gasteiger partial charge in [-0.3, -0.25) is 9.59 Å². The largest absolute Gasteiger partial charge is 0.465 e. The number of imide groups is 1. The van der Waals surface area contributed by atoms with Crippen molar-refractivity contribution in [1.29, 1.82) is 0 Å². The predicted molar refractivity (Wildman–Crippen MR) is 114 cm³/mol. The van der Waals surface area contributed by atoms with Crippen LogP contribution in [0.15, 0.2) is 59.5 Å². The molecule has 1 saturated heterocycles.